The van der Waals surface area contributed by atoms with Gasteiger partial charge >= 0.3 is 0 Å². The molecule has 32 heavy (non-hydrogen) atoms. The van der Waals surface area contributed by atoms with Crippen molar-refractivity contribution in [3.05, 3.63) is 45.4 Å². The normalized spacial score (nSPS) is 32.8. The summed E-state index contributed by atoms with van der Waals surface area (Å²) in [4.78, 5) is 8.70. The molecular weight excluding hydrogens is 436 g/mol. The molecule has 5 nitrogen and oxygen atoms in total. The second-order valence-electron chi connectivity index (χ2n) is 10.2. The summed E-state index contributed by atoms with van der Waals surface area (Å²) in [6.07, 6.45) is 8.35. The molecule has 0 spiro atoms. The number of ether oxygens (including phenoxy) is 1. The first-order valence-corrected chi connectivity index (χ1v) is 13.7. The number of aryl methyl sites for hydroxylation is 2. The maximum absolute atomic E-state index is 5.33. The molecule has 4 aliphatic carbocycles. The second-order valence-corrected chi connectivity index (χ2v) is 12.5. The zero-order valence-electron chi connectivity index (χ0n) is 19.1. The van der Waals surface area contributed by atoms with Gasteiger partial charge in [-0.3, -0.25) is 5.43 Å². The Hall–Kier alpha value is -1.73. The van der Waals surface area contributed by atoms with E-state index in [1.165, 1.54) is 49.0 Å². The smallest absolute Gasteiger partial charge is 0.170 e. The summed E-state index contributed by atoms with van der Waals surface area (Å²) in [6, 6.07) is 8.46. The van der Waals surface area contributed by atoms with Gasteiger partial charge in [-0.15, -0.1) is 23.1 Å². The van der Waals surface area contributed by atoms with E-state index in [1.54, 1.807) is 18.4 Å². The number of nitrogens with zero attached hydrogens (tertiary/aromatic N) is 3. The summed E-state index contributed by atoms with van der Waals surface area (Å²) in [7, 11) is 1.72. The molecule has 4 saturated carbocycles. The minimum absolute atomic E-state index is 0.171. The highest BCUT2D eigenvalue weighted by atomic mass is 32.2. The standard InChI is InChI=1S/C25H32N4OS2/c1-15-22(32-16(2)26-15)23-27-28-24(31-14-17-4-6-21(30-3)7-5-17)29(23)25-11-18-8-19(12-25)10-20(9-18)13-25/h4-7,18-20,24,28H,8-14H2,1-3H3. The minimum atomic E-state index is 0.171. The van der Waals surface area contributed by atoms with E-state index in [0.29, 0.717) is 0 Å². The Morgan fingerprint density at radius 1 is 1.09 bits per heavy atom. The molecule has 5 aliphatic rings. The lowest BCUT2D eigenvalue weighted by Gasteiger charge is -2.61. The number of benzene rings is 1. The van der Waals surface area contributed by atoms with E-state index in [0.717, 1.165) is 45.8 Å². The van der Waals surface area contributed by atoms with E-state index in [4.69, 9.17) is 14.8 Å². The topological polar surface area (TPSA) is 49.8 Å². The molecule has 0 radical (unpaired) electrons. The van der Waals surface area contributed by atoms with Gasteiger partial charge in [-0.2, -0.15) is 5.10 Å². The van der Waals surface area contributed by atoms with Crippen molar-refractivity contribution >= 4 is 28.9 Å². The van der Waals surface area contributed by atoms with Crippen LogP contribution in [0.4, 0.5) is 0 Å². The number of methoxy groups -OCH3 is 1. The van der Waals surface area contributed by atoms with Gasteiger partial charge in [0.1, 0.15) is 5.75 Å². The lowest BCUT2D eigenvalue weighted by molar-refractivity contribution is -0.0640. The highest BCUT2D eigenvalue weighted by Gasteiger charge is 2.57. The van der Waals surface area contributed by atoms with Crippen LogP contribution in [0.15, 0.2) is 29.4 Å². The van der Waals surface area contributed by atoms with Crippen LogP contribution >= 0.6 is 23.1 Å². The Morgan fingerprint density at radius 2 is 1.75 bits per heavy atom. The predicted molar refractivity (Wildman–Crippen MR) is 132 cm³/mol. The molecule has 1 aromatic heterocycles. The van der Waals surface area contributed by atoms with Gasteiger partial charge < -0.3 is 9.64 Å². The van der Waals surface area contributed by atoms with Crippen molar-refractivity contribution < 1.29 is 4.74 Å². The molecule has 1 aromatic carbocycles. The molecule has 4 fully saturated rings. The largest absolute Gasteiger partial charge is 0.497 e. The third kappa shape index (κ3) is 3.52. The number of rotatable bonds is 6. The van der Waals surface area contributed by atoms with Crippen molar-refractivity contribution in [1.29, 1.82) is 0 Å². The third-order valence-electron chi connectivity index (χ3n) is 7.93. The van der Waals surface area contributed by atoms with Gasteiger partial charge in [0.05, 0.1) is 22.7 Å². The Morgan fingerprint density at radius 3 is 2.31 bits per heavy atom. The first kappa shape index (κ1) is 20.8. The van der Waals surface area contributed by atoms with Gasteiger partial charge in [0, 0.05) is 11.3 Å². The molecule has 0 saturated heterocycles. The molecule has 0 amide bonds. The first-order chi connectivity index (χ1) is 15.5. The fourth-order valence-electron chi connectivity index (χ4n) is 7.08. The van der Waals surface area contributed by atoms with Gasteiger partial charge in [-0.25, -0.2) is 4.98 Å². The summed E-state index contributed by atoms with van der Waals surface area (Å²) >= 11 is 3.76. The zero-order valence-corrected chi connectivity index (χ0v) is 20.8. The molecule has 2 heterocycles. The van der Waals surface area contributed by atoms with Crippen molar-refractivity contribution in [2.45, 2.75) is 69.2 Å². The van der Waals surface area contributed by atoms with E-state index in [2.05, 4.69) is 48.4 Å². The van der Waals surface area contributed by atoms with Crippen molar-refractivity contribution in [3.8, 4) is 5.75 Å². The molecule has 1 atom stereocenters. The van der Waals surface area contributed by atoms with Crippen LogP contribution in [-0.4, -0.2) is 33.9 Å². The van der Waals surface area contributed by atoms with Crippen LogP contribution in [-0.2, 0) is 5.75 Å². The number of amidine groups is 1. The second kappa shape index (κ2) is 7.94. The van der Waals surface area contributed by atoms with Crippen molar-refractivity contribution in [2.75, 3.05) is 7.11 Å². The predicted octanol–water partition coefficient (Wildman–Crippen LogP) is 5.52. The number of hydrogen-bond acceptors (Lipinski definition) is 7. The lowest BCUT2D eigenvalue weighted by Crippen LogP contribution is -2.63. The highest BCUT2D eigenvalue weighted by molar-refractivity contribution is 7.99. The quantitative estimate of drug-likeness (QED) is 0.605. The van der Waals surface area contributed by atoms with Crippen molar-refractivity contribution in [1.82, 2.24) is 15.3 Å². The van der Waals surface area contributed by atoms with Crippen molar-refractivity contribution in [2.24, 2.45) is 22.9 Å². The van der Waals surface area contributed by atoms with Gasteiger partial charge in [0.15, 0.2) is 11.3 Å². The molecule has 7 heteroatoms. The number of hydrazone groups is 1. The van der Waals surface area contributed by atoms with Gasteiger partial charge in [-0.1, -0.05) is 12.1 Å². The number of nitrogens with one attached hydrogen (secondary N) is 1. The lowest BCUT2D eigenvalue weighted by atomic mass is 9.52. The van der Waals surface area contributed by atoms with Crippen LogP contribution in [0.2, 0.25) is 0 Å². The molecule has 4 bridgehead atoms. The Labute approximate surface area is 199 Å². The van der Waals surface area contributed by atoms with E-state index >= 15 is 0 Å². The molecule has 1 N–H and O–H groups in total. The summed E-state index contributed by atoms with van der Waals surface area (Å²) in [5.41, 5.74) is 6.40. The molecule has 1 aliphatic heterocycles. The molecule has 170 valence electrons. The Balaban J connectivity index is 1.30. The first-order valence-electron chi connectivity index (χ1n) is 11.8. The van der Waals surface area contributed by atoms with Crippen molar-refractivity contribution in [3.63, 3.8) is 0 Å². The average Bonchev–Trinajstić information content (AvgIpc) is 3.34. The summed E-state index contributed by atoms with van der Waals surface area (Å²) in [5.74, 6) is 5.71. The van der Waals surface area contributed by atoms with Crippen LogP contribution < -0.4 is 10.2 Å². The Bertz CT molecular complexity index is 996. The number of thioether (sulfide) groups is 1. The highest BCUT2D eigenvalue weighted by Crippen LogP contribution is 2.59. The van der Waals surface area contributed by atoms with E-state index < -0.39 is 0 Å². The molecule has 7 rings (SSSR count). The van der Waals surface area contributed by atoms with Gasteiger partial charge in [0.25, 0.3) is 0 Å². The minimum Gasteiger partial charge on any atom is -0.497 e. The zero-order chi connectivity index (χ0) is 21.9. The number of thiazole rings is 1. The third-order valence-corrected chi connectivity index (χ3v) is 10.1. The van der Waals surface area contributed by atoms with E-state index in [9.17, 15) is 0 Å². The summed E-state index contributed by atoms with van der Waals surface area (Å²) < 4.78 is 5.33. The average molecular weight is 469 g/mol. The maximum atomic E-state index is 5.33. The van der Waals surface area contributed by atoms with Gasteiger partial charge in [-0.05, 0) is 87.8 Å². The van der Waals surface area contributed by atoms with E-state index in [1.807, 2.05) is 11.8 Å². The fraction of sp³-hybridized carbons (Fsp3) is 0.600. The monoisotopic (exact) mass is 468 g/mol. The summed E-state index contributed by atoms with van der Waals surface area (Å²) in [6.45, 7) is 4.24. The van der Waals surface area contributed by atoms with Crippen LogP contribution in [0.1, 0.15) is 59.7 Å². The summed E-state index contributed by atoms with van der Waals surface area (Å²) in [5, 5.41) is 6.09. The van der Waals surface area contributed by atoms with Crippen LogP contribution in [0.3, 0.4) is 0 Å². The van der Waals surface area contributed by atoms with Crippen LogP contribution in [0.25, 0.3) is 0 Å². The molecule has 2 aromatic rings. The number of aromatic nitrogens is 1. The Kier molecular flexibility index (Phi) is 5.17. The molecular formula is C25H32N4OS2. The van der Waals surface area contributed by atoms with Crippen LogP contribution in [0, 0.1) is 31.6 Å². The van der Waals surface area contributed by atoms with E-state index in [-0.39, 0.29) is 11.0 Å². The number of hydrogen-bond donors (Lipinski definition) is 1. The SMILES string of the molecule is COc1ccc(CSC2NN=C(c3sc(C)nc3C)N2C23CC4CC(CC(C4)C2)C3)cc1. The van der Waals surface area contributed by atoms with Crippen LogP contribution in [0.5, 0.6) is 5.75 Å². The van der Waals surface area contributed by atoms with Gasteiger partial charge in [0.2, 0.25) is 0 Å². The maximum Gasteiger partial charge on any atom is 0.170 e. The molecule has 1 unspecified atom stereocenters. The fourth-order valence-corrected chi connectivity index (χ4v) is 9.13.